The van der Waals surface area contributed by atoms with Crippen molar-refractivity contribution < 1.29 is 0 Å². The van der Waals surface area contributed by atoms with Crippen LogP contribution in [0.5, 0.6) is 0 Å². The van der Waals surface area contributed by atoms with E-state index in [-0.39, 0.29) is 0 Å². The van der Waals surface area contributed by atoms with Crippen LogP contribution in [0.2, 0.25) is 0 Å². The highest BCUT2D eigenvalue weighted by atomic mass is 15.1. The topological polar surface area (TPSA) is 3.24 Å². The van der Waals surface area contributed by atoms with Crippen molar-refractivity contribution >= 4 is 38.6 Å². The first-order chi connectivity index (χ1) is 25.3. The minimum Gasteiger partial charge on any atom is -0.310 e. The molecule has 0 fully saturated rings. The average molecular weight is 650 g/mol. The van der Waals surface area contributed by atoms with Crippen LogP contribution >= 0.6 is 0 Å². The van der Waals surface area contributed by atoms with Gasteiger partial charge in [-0.3, -0.25) is 0 Å². The number of hydrogen-bond acceptors (Lipinski definition) is 1. The largest absolute Gasteiger partial charge is 0.310 e. The highest BCUT2D eigenvalue weighted by Crippen LogP contribution is 2.48. The summed E-state index contributed by atoms with van der Waals surface area (Å²) in [7, 11) is 0. The average Bonchev–Trinajstić information content (AvgIpc) is 3.22. The molecule has 0 aromatic heterocycles. The Morgan fingerprint density at radius 3 is 1.37 bits per heavy atom. The Kier molecular flexibility index (Phi) is 7.92. The predicted molar refractivity (Wildman–Crippen MR) is 218 cm³/mol. The molecule has 0 heterocycles. The first-order valence-electron chi connectivity index (χ1n) is 17.5. The van der Waals surface area contributed by atoms with Crippen LogP contribution in [0.3, 0.4) is 0 Å². The molecule has 1 nitrogen and oxygen atoms in total. The van der Waals surface area contributed by atoms with Crippen LogP contribution in [0.15, 0.2) is 212 Å². The lowest BCUT2D eigenvalue weighted by atomic mass is 9.85. The van der Waals surface area contributed by atoms with Crippen LogP contribution in [0.25, 0.3) is 66.1 Å². The van der Waals surface area contributed by atoms with E-state index in [4.69, 9.17) is 0 Å². The molecule has 0 saturated heterocycles. The molecule has 9 aromatic rings. The maximum absolute atomic E-state index is 2.43. The summed E-state index contributed by atoms with van der Waals surface area (Å²) < 4.78 is 0. The van der Waals surface area contributed by atoms with E-state index in [0.29, 0.717) is 0 Å². The number of para-hydroxylation sites is 1. The van der Waals surface area contributed by atoms with Gasteiger partial charge in [-0.05, 0) is 90.8 Å². The highest BCUT2D eigenvalue weighted by Gasteiger charge is 2.21. The molecule has 0 aliphatic carbocycles. The molecule has 0 saturated carbocycles. The van der Waals surface area contributed by atoms with E-state index in [1.165, 1.54) is 66.1 Å². The van der Waals surface area contributed by atoms with Crippen molar-refractivity contribution in [3.05, 3.63) is 212 Å². The summed E-state index contributed by atoms with van der Waals surface area (Å²) in [6, 6.07) is 76.6. The molecule has 0 aliphatic rings. The smallest absolute Gasteiger partial charge is 0.0540 e. The first kappa shape index (κ1) is 30.4. The molecule has 240 valence electrons. The normalized spacial score (nSPS) is 11.1. The maximum atomic E-state index is 2.43. The van der Waals surface area contributed by atoms with Gasteiger partial charge in [0.15, 0.2) is 0 Å². The summed E-state index contributed by atoms with van der Waals surface area (Å²) in [6.45, 7) is 0. The maximum Gasteiger partial charge on any atom is 0.0540 e. The van der Waals surface area contributed by atoms with E-state index < -0.39 is 0 Å². The Hall–Kier alpha value is -6.70. The van der Waals surface area contributed by atoms with Crippen molar-refractivity contribution in [2.45, 2.75) is 0 Å². The van der Waals surface area contributed by atoms with Crippen molar-refractivity contribution in [3.63, 3.8) is 0 Å². The monoisotopic (exact) mass is 649 g/mol. The minimum atomic E-state index is 1.10. The van der Waals surface area contributed by atoms with Gasteiger partial charge in [0.25, 0.3) is 0 Å². The zero-order valence-electron chi connectivity index (χ0n) is 28.2. The summed E-state index contributed by atoms with van der Waals surface area (Å²) in [5.74, 6) is 0. The number of fused-ring (bicyclic) bond motifs is 3. The molecule has 1 heteroatoms. The van der Waals surface area contributed by atoms with E-state index in [1.807, 2.05) is 0 Å². The third-order valence-electron chi connectivity index (χ3n) is 9.83. The molecule has 51 heavy (non-hydrogen) atoms. The van der Waals surface area contributed by atoms with Crippen LogP contribution in [0, 0.1) is 0 Å². The quantitative estimate of drug-likeness (QED) is 0.155. The molecular weight excluding hydrogens is 615 g/mol. The van der Waals surface area contributed by atoms with Crippen molar-refractivity contribution in [1.29, 1.82) is 0 Å². The predicted octanol–water partition coefficient (Wildman–Crippen LogP) is 14.1. The molecule has 0 bridgehead atoms. The highest BCUT2D eigenvalue weighted by molar-refractivity contribution is 6.22. The molecular formula is C50H35N. The van der Waals surface area contributed by atoms with Crippen molar-refractivity contribution in [1.82, 2.24) is 0 Å². The van der Waals surface area contributed by atoms with Gasteiger partial charge in [0.05, 0.1) is 5.69 Å². The fourth-order valence-electron chi connectivity index (χ4n) is 7.54. The molecule has 0 unspecified atom stereocenters. The van der Waals surface area contributed by atoms with Crippen LogP contribution < -0.4 is 4.90 Å². The number of anilines is 3. The Morgan fingerprint density at radius 2 is 0.725 bits per heavy atom. The molecule has 9 aromatic carbocycles. The van der Waals surface area contributed by atoms with Gasteiger partial charge in [0.1, 0.15) is 0 Å². The molecule has 0 aliphatic heterocycles. The number of nitrogens with zero attached hydrogens (tertiary/aromatic N) is 1. The molecule has 9 rings (SSSR count). The fraction of sp³-hybridized carbons (Fsp3) is 0. The molecule has 0 amide bonds. The van der Waals surface area contributed by atoms with Crippen molar-refractivity contribution in [2.75, 3.05) is 4.90 Å². The van der Waals surface area contributed by atoms with Crippen LogP contribution in [-0.2, 0) is 0 Å². The lowest BCUT2D eigenvalue weighted by Gasteiger charge is -2.29. The van der Waals surface area contributed by atoms with Gasteiger partial charge in [-0.1, -0.05) is 182 Å². The first-order valence-corrected chi connectivity index (χ1v) is 17.5. The summed E-state index contributed by atoms with van der Waals surface area (Å²) in [5, 5.41) is 4.94. The zero-order valence-corrected chi connectivity index (χ0v) is 28.2. The number of hydrogen-bond donors (Lipinski definition) is 0. The second-order valence-corrected chi connectivity index (χ2v) is 12.9. The zero-order chi connectivity index (χ0) is 34.0. The van der Waals surface area contributed by atoms with E-state index >= 15 is 0 Å². The summed E-state index contributed by atoms with van der Waals surface area (Å²) in [4.78, 5) is 2.43. The summed E-state index contributed by atoms with van der Waals surface area (Å²) in [6.07, 6.45) is 0. The van der Waals surface area contributed by atoms with Gasteiger partial charge >= 0.3 is 0 Å². The second-order valence-electron chi connectivity index (χ2n) is 12.9. The molecule has 0 atom stereocenters. The summed E-state index contributed by atoms with van der Waals surface area (Å²) >= 11 is 0. The SMILES string of the molecule is c1ccc(-c2cccc(N(c3ccc4c(-c5ccccc5)c(-c5ccccc5)c5ccccc5c4c3)c3ccccc3-c3ccccc3)c2)cc1. The molecule has 0 radical (unpaired) electrons. The lowest BCUT2D eigenvalue weighted by Crippen LogP contribution is -2.11. The van der Waals surface area contributed by atoms with Gasteiger partial charge in [0, 0.05) is 16.9 Å². The van der Waals surface area contributed by atoms with E-state index in [1.54, 1.807) is 0 Å². The minimum absolute atomic E-state index is 1.10. The Bertz CT molecular complexity index is 2610. The second kappa shape index (κ2) is 13.3. The molecule has 0 N–H and O–H groups in total. The third-order valence-corrected chi connectivity index (χ3v) is 9.83. The Morgan fingerprint density at radius 1 is 0.255 bits per heavy atom. The third kappa shape index (κ3) is 5.65. The van der Waals surface area contributed by atoms with Crippen LogP contribution in [-0.4, -0.2) is 0 Å². The molecule has 0 spiro atoms. The Labute approximate surface area is 299 Å². The summed E-state index contributed by atoms with van der Waals surface area (Å²) in [5.41, 5.74) is 13.0. The van der Waals surface area contributed by atoms with E-state index in [0.717, 1.165) is 17.1 Å². The van der Waals surface area contributed by atoms with Gasteiger partial charge in [-0.15, -0.1) is 0 Å². The van der Waals surface area contributed by atoms with E-state index in [9.17, 15) is 0 Å². The van der Waals surface area contributed by atoms with Gasteiger partial charge in [-0.25, -0.2) is 0 Å². The lowest BCUT2D eigenvalue weighted by molar-refractivity contribution is 1.29. The van der Waals surface area contributed by atoms with Crippen LogP contribution in [0.1, 0.15) is 0 Å². The number of benzene rings is 9. The van der Waals surface area contributed by atoms with Crippen molar-refractivity contribution in [3.8, 4) is 44.5 Å². The van der Waals surface area contributed by atoms with E-state index in [2.05, 4.69) is 217 Å². The van der Waals surface area contributed by atoms with Gasteiger partial charge < -0.3 is 4.90 Å². The standard InChI is InChI=1S/C50H35N/c1-5-18-36(19-6-1)40-26-17-27-41(34-40)51(48-31-16-15-28-43(48)37-20-7-2-8-21-37)42-32-33-46-47(35-42)44-29-13-14-30-45(44)49(38-22-9-3-10-23-38)50(46)39-24-11-4-12-25-39/h1-35H. The van der Waals surface area contributed by atoms with Gasteiger partial charge in [-0.2, -0.15) is 0 Å². The van der Waals surface area contributed by atoms with Gasteiger partial charge in [0.2, 0.25) is 0 Å². The number of rotatable bonds is 7. The fourth-order valence-corrected chi connectivity index (χ4v) is 7.54. The Balaban J connectivity index is 1.35. The van der Waals surface area contributed by atoms with Crippen LogP contribution in [0.4, 0.5) is 17.1 Å². The van der Waals surface area contributed by atoms with Crippen molar-refractivity contribution in [2.24, 2.45) is 0 Å².